The number of rotatable bonds is 9. The Kier molecular flexibility index (Phi) is 7.96. The smallest absolute Gasteiger partial charge is 0.326 e. The van der Waals surface area contributed by atoms with Gasteiger partial charge in [0.15, 0.2) is 0 Å². The molecule has 1 fully saturated rings. The second-order valence-corrected chi connectivity index (χ2v) is 6.93. The molecule has 0 unspecified atom stereocenters. The van der Waals surface area contributed by atoms with Crippen molar-refractivity contribution in [1.29, 1.82) is 0 Å². The number of benzene rings is 1. The summed E-state index contributed by atoms with van der Waals surface area (Å²) in [6.45, 7) is 1.91. The molecule has 0 radical (unpaired) electrons. The number of nitrogens with one attached hydrogen (secondary N) is 4. The van der Waals surface area contributed by atoms with Gasteiger partial charge in [0.25, 0.3) is 0 Å². The quantitative estimate of drug-likeness (QED) is 0.303. The molecule has 0 saturated carbocycles. The maximum Gasteiger partial charge on any atom is 0.326 e. The lowest BCUT2D eigenvalue weighted by Gasteiger charge is -2.19. The van der Waals surface area contributed by atoms with Gasteiger partial charge in [0.1, 0.15) is 17.8 Å². The number of carboxylic acid groups (broad SMARTS) is 1. The van der Waals surface area contributed by atoms with Crippen molar-refractivity contribution >= 4 is 23.7 Å². The molecule has 0 aliphatic carbocycles. The molecule has 158 valence electrons. The summed E-state index contributed by atoms with van der Waals surface area (Å²) in [4.78, 5) is 47.5. The summed E-state index contributed by atoms with van der Waals surface area (Å²) >= 11 is 0. The van der Waals surface area contributed by atoms with Gasteiger partial charge in [0.2, 0.25) is 17.7 Å². The van der Waals surface area contributed by atoms with Crippen LogP contribution < -0.4 is 21.3 Å². The highest BCUT2D eigenvalue weighted by Gasteiger charge is 2.25. The highest BCUT2D eigenvalue weighted by Crippen LogP contribution is 2.11. The molecule has 10 heteroatoms. The van der Waals surface area contributed by atoms with Gasteiger partial charge in [0, 0.05) is 6.42 Å². The van der Waals surface area contributed by atoms with Crippen molar-refractivity contribution in [2.24, 2.45) is 0 Å². The average molecular weight is 406 g/mol. The number of phenols is 1. The highest BCUT2D eigenvalue weighted by atomic mass is 16.4. The summed E-state index contributed by atoms with van der Waals surface area (Å²) in [6.07, 6.45) is 1.63. The first-order valence-corrected chi connectivity index (χ1v) is 9.38. The summed E-state index contributed by atoms with van der Waals surface area (Å²) in [5, 5.41) is 29.0. The maximum absolute atomic E-state index is 12.3. The number of phenolic OH excluding ortho intramolecular Hbond substituents is 1. The average Bonchev–Trinajstić information content (AvgIpc) is 3.22. The third kappa shape index (κ3) is 7.07. The van der Waals surface area contributed by atoms with Gasteiger partial charge >= 0.3 is 5.97 Å². The number of aliphatic carboxylic acids is 1. The van der Waals surface area contributed by atoms with Gasteiger partial charge in [-0.3, -0.25) is 14.4 Å². The van der Waals surface area contributed by atoms with Crippen LogP contribution in [0.4, 0.5) is 0 Å². The van der Waals surface area contributed by atoms with E-state index in [1.54, 1.807) is 12.1 Å². The molecule has 2 rings (SSSR count). The summed E-state index contributed by atoms with van der Waals surface area (Å²) in [5.41, 5.74) is 0.621. The molecule has 1 aliphatic rings. The standard InChI is InChI=1S/C19H26N4O6/c1-11(22-16(25)10-21-18(27)14-3-2-8-20-14)17(26)23-15(19(28)29)9-12-4-6-13(24)7-5-12/h4-7,11,14-15,20,24H,2-3,8-10H2,1H3,(H,21,27)(H,22,25)(H,23,26)(H,28,29)/t11-,14-,15-/m0/s1. The third-order valence-corrected chi connectivity index (χ3v) is 4.56. The van der Waals surface area contributed by atoms with Crippen molar-refractivity contribution in [2.75, 3.05) is 13.1 Å². The van der Waals surface area contributed by atoms with E-state index in [9.17, 15) is 29.4 Å². The Balaban J connectivity index is 1.80. The van der Waals surface area contributed by atoms with Crippen molar-refractivity contribution in [2.45, 2.75) is 44.3 Å². The Morgan fingerprint density at radius 1 is 1.17 bits per heavy atom. The number of hydrogen-bond donors (Lipinski definition) is 6. The predicted octanol–water partition coefficient (Wildman–Crippen LogP) is -1.12. The maximum atomic E-state index is 12.3. The van der Waals surface area contributed by atoms with Crippen molar-refractivity contribution < 1.29 is 29.4 Å². The molecule has 0 aromatic heterocycles. The van der Waals surface area contributed by atoms with E-state index in [1.807, 2.05) is 0 Å². The fourth-order valence-corrected chi connectivity index (χ4v) is 2.92. The van der Waals surface area contributed by atoms with Crippen LogP contribution >= 0.6 is 0 Å². The van der Waals surface area contributed by atoms with Crippen LogP contribution in [0.1, 0.15) is 25.3 Å². The van der Waals surface area contributed by atoms with E-state index < -0.39 is 29.9 Å². The zero-order chi connectivity index (χ0) is 21.4. The molecule has 29 heavy (non-hydrogen) atoms. The van der Waals surface area contributed by atoms with Crippen LogP contribution in [0.25, 0.3) is 0 Å². The van der Waals surface area contributed by atoms with Crippen LogP contribution in [0, 0.1) is 0 Å². The molecule has 6 N–H and O–H groups in total. The Morgan fingerprint density at radius 2 is 1.86 bits per heavy atom. The molecular weight excluding hydrogens is 380 g/mol. The number of amides is 3. The molecule has 1 aliphatic heterocycles. The van der Waals surface area contributed by atoms with E-state index in [2.05, 4.69) is 21.3 Å². The van der Waals surface area contributed by atoms with Crippen molar-refractivity contribution in [1.82, 2.24) is 21.3 Å². The molecular formula is C19H26N4O6. The molecule has 3 amide bonds. The van der Waals surface area contributed by atoms with Gasteiger partial charge in [0.05, 0.1) is 12.6 Å². The zero-order valence-electron chi connectivity index (χ0n) is 16.1. The van der Waals surface area contributed by atoms with Gasteiger partial charge in [-0.1, -0.05) is 12.1 Å². The van der Waals surface area contributed by atoms with Crippen LogP contribution in [0.3, 0.4) is 0 Å². The predicted molar refractivity (Wildman–Crippen MR) is 103 cm³/mol. The topological polar surface area (TPSA) is 157 Å². The van der Waals surface area contributed by atoms with Gasteiger partial charge in [-0.15, -0.1) is 0 Å². The van der Waals surface area contributed by atoms with Crippen LogP contribution in [-0.4, -0.2) is 65.1 Å². The summed E-state index contributed by atoms with van der Waals surface area (Å²) in [7, 11) is 0. The van der Waals surface area contributed by atoms with Crippen LogP contribution in [0.5, 0.6) is 5.75 Å². The first-order chi connectivity index (χ1) is 13.8. The first kappa shape index (κ1) is 22.2. The van der Waals surface area contributed by atoms with E-state index in [1.165, 1.54) is 19.1 Å². The summed E-state index contributed by atoms with van der Waals surface area (Å²) in [6, 6.07) is 3.49. The lowest BCUT2D eigenvalue weighted by molar-refractivity contribution is -0.142. The highest BCUT2D eigenvalue weighted by molar-refractivity contribution is 5.92. The molecule has 0 bridgehead atoms. The lowest BCUT2D eigenvalue weighted by atomic mass is 10.1. The van der Waals surface area contributed by atoms with E-state index in [0.717, 1.165) is 13.0 Å². The number of carbonyl (C=O) groups is 4. The molecule has 1 heterocycles. The molecule has 3 atom stereocenters. The van der Waals surface area contributed by atoms with Crippen LogP contribution in [0.2, 0.25) is 0 Å². The molecule has 1 saturated heterocycles. The number of aromatic hydroxyl groups is 1. The summed E-state index contributed by atoms with van der Waals surface area (Å²) < 4.78 is 0. The largest absolute Gasteiger partial charge is 0.508 e. The van der Waals surface area contributed by atoms with Gasteiger partial charge in [-0.2, -0.15) is 0 Å². The Hall–Kier alpha value is -3.14. The van der Waals surface area contributed by atoms with Gasteiger partial charge in [-0.25, -0.2) is 4.79 Å². The normalized spacial score (nSPS) is 17.8. The Morgan fingerprint density at radius 3 is 2.45 bits per heavy atom. The van der Waals surface area contributed by atoms with Crippen molar-refractivity contribution in [3.05, 3.63) is 29.8 Å². The second kappa shape index (κ2) is 10.4. The summed E-state index contributed by atoms with van der Waals surface area (Å²) in [5.74, 6) is -2.65. The minimum Gasteiger partial charge on any atom is -0.508 e. The van der Waals surface area contributed by atoms with Crippen LogP contribution in [0.15, 0.2) is 24.3 Å². The number of carboxylic acids is 1. The molecule has 0 spiro atoms. The lowest BCUT2D eigenvalue weighted by Crippen LogP contribution is -2.53. The van der Waals surface area contributed by atoms with E-state index in [0.29, 0.717) is 12.0 Å². The fourth-order valence-electron chi connectivity index (χ4n) is 2.92. The minimum absolute atomic E-state index is 0.0203. The van der Waals surface area contributed by atoms with Crippen LogP contribution in [-0.2, 0) is 25.6 Å². The third-order valence-electron chi connectivity index (χ3n) is 4.56. The van der Waals surface area contributed by atoms with E-state index in [-0.39, 0.29) is 30.7 Å². The Bertz CT molecular complexity index is 746. The fraction of sp³-hybridized carbons (Fsp3) is 0.474. The zero-order valence-corrected chi connectivity index (χ0v) is 16.1. The van der Waals surface area contributed by atoms with E-state index in [4.69, 9.17) is 0 Å². The van der Waals surface area contributed by atoms with Gasteiger partial charge < -0.3 is 31.5 Å². The van der Waals surface area contributed by atoms with E-state index >= 15 is 0 Å². The minimum atomic E-state index is -1.22. The number of hydrogen-bond acceptors (Lipinski definition) is 6. The monoisotopic (exact) mass is 406 g/mol. The van der Waals surface area contributed by atoms with Crippen molar-refractivity contribution in [3.8, 4) is 5.75 Å². The Labute approximate surface area is 168 Å². The van der Waals surface area contributed by atoms with Crippen molar-refractivity contribution in [3.63, 3.8) is 0 Å². The molecule has 1 aromatic carbocycles. The van der Waals surface area contributed by atoms with Gasteiger partial charge in [-0.05, 0) is 44.0 Å². The molecule has 1 aromatic rings. The molecule has 10 nitrogen and oxygen atoms in total. The second-order valence-electron chi connectivity index (χ2n) is 6.93. The number of carbonyl (C=O) groups excluding carboxylic acids is 3. The SMILES string of the molecule is C[C@H](NC(=O)CNC(=O)[C@@H]1CCCN1)C(=O)N[C@@H](Cc1ccc(O)cc1)C(=O)O. The first-order valence-electron chi connectivity index (χ1n) is 9.38.